The Morgan fingerprint density at radius 1 is 1.62 bits per heavy atom. The van der Waals surface area contributed by atoms with Crippen molar-refractivity contribution in [1.29, 1.82) is 0 Å². The molecule has 4 nitrogen and oxygen atoms in total. The number of nitrogens with zero attached hydrogens (tertiary/aromatic N) is 2. The van der Waals surface area contributed by atoms with Gasteiger partial charge in [0.15, 0.2) is 5.16 Å². The molecule has 0 aliphatic carbocycles. The van der Waals surface area contributed by atoms with Crippen LogP contribution in [0.1, 0.15) is 12.6 Å². The number of aromatic nitrogens is 2. The van der Waals surface area contributed by atoms with E-state index in [0.29, 0.717) is 16.5 Å². The summed E-state index contributed by atoms with van der Waals surface area (Å²) >= 11 is 1.48. The fraction of sp³-hybridized carbons (Fsp3) is 0.364. The molecule has 0 aliphatic heterocycles. The van der Waals surface area contributed by atoms with Crippen LogP contribution in [0, 0.1) is 6.92 Å². The molecule has 86 valence electrons. The molecule has 0 fully saturated rings. The van der Waals surface area contributed by atoms with Crippen LogP contribution in [-0.4, -0.2) is 28.8 Å². The summed E-state index contributed by atoms with van der Waals surface area (Å²) in [6.45, 7) is 3.64. The highest BCUT2D eigenvalue weighted by molar-refractivity contribution is 7.99. The van der Waals surface area contributed by atoms with Gasteiger partial charge in [0, 0.05) is 23.2 Å². The third-order valence-electron chi connectivity index (χ3n) is 1.88. The molecule has 0 amide bonds. The van der Waals surface area contributed by atoms with Crippen LogP contribution in [0.3, 0.4) is 0 Å². The Labute approximate surface area is 99.1 Å². The Balaban J connectivity index is 2.50. The van der Waals surface area contributed by atoms with E-state index >= 15 is 0 Å². The zero-order chi connectivity index (χ0) is 12.0. The fourth-order valence-corrected chi connectivity index (χ4v) is 1.81. The smallest absolute Gasteiger partial charge is 0.333 e. The number of methoxy groups -OCH3 is 1. The van der Waals surface area contributed by atoms with Gasteiger partial charge in [0.1, 0.15) is 0 Å². The van der Waals surface area contributed by atoms with Crippen molar-refractivity contribution in [3.63, 3.8) is 0 Å². The summed E-state index contributed by atoms with van der Waals surface area (Å²) in [6, 6.07) is 1.85. The van der Waals surface area contributed by atoms with Gasteiger partial charge in [0.2, 0.25) is 0 Å². The van der Waals surface area contributed by atoms with Crippen LogP contribution in [0.25, 0.3) is 0 Å². The van der Waals surface area contributed by atoms with E-state index in [-0.39, 0.29) is 5.97 Å². The Morgan fingerprint density at radius 2 is 2.38 bits per heavy atom. The van der Waals surface area contributed by atoms with E-state index in [1.165, 1.54) is 18.9 Å². The lowest BCUT2D eigenvalue weighted by Crippen LogP contribution is -2.01. The molecule has 0 atom stereocenters. The van der Waals surface area contributed by atoms with Crippen molar-refractivity contribution in [3.8, 4) is 0 Å². The molecular weight excluding hydrogens is 224 g/mol. The van der Waals surface area contributed by atoms with Crippen LogP contribution in [0.4, 0.5) is 0 Å². The molecule has 0 saturated heterocycles. The Hall–Kier alpha value is -1.36. The van der Waals surface area contributed by atoms with Crippen molar-refractivity contribution in [2.24, 2.45) is 0 Å². The summed E-state index contributed by atoms with van der Waals surface area (Å²) in [7, 11) is 1.37. The topological polar surface area (TPSA) is 52.1 Å². The fourth-order valence-electron chi connectivity index (χ4n) is 0.981. The average molecular weight is 238 g/mol. The first kappa shape index (κ1) is 12.7. The maximum Gasteiger partial charge on any atom is 0.333 e. The minimum absolute atomic E-state index is 0.300. The first-order chi connectivity index (χ1) is 7.63. The van der Waals surface area contributed by atoms with Crippen molar-refractivity contribution < 1.29 is 9.53 Å². The van der Waals surface area contributed by atoms with Crippen molar-refractivity contribution in [1.82, 2.24) is 9.97 Å². The number of hydrogen-bond acceptors (Lipinski definition) is 5. The highest BCUT2D eigenvalue weighted by Gasteiger charge is 2.02. The number of carbonyl (C=O) groups excluding carboxylic acids is 1. The summed E-state index contributed by atoms with van der Waals surface area (Å²) in [6.07, 6.45) is 3.53. The number of esters is 1. The summed E-state index contributed by atoms with van der Waals surface area (Å²) < 4.78 is 4.59. The summed E-state index contributed by atoms with van der Waals surface area (Å²) in [5, 5.41) is 0.717. The maximum atomic E-state index is 11.1. The SMILES string of the molecule is COC(=O)C(C)=CCSc1nccc(C)n1. The highest BCUT2D eigenvalue weighted by atomic mass is 32.2. The van der Waals surface area contributed by atoms with Gasteiger partial charge in [-0.3, -0.25) is 0 Å². The first-order valence-electron chi connectivity index (χ1n) is 4.81. The number of ether oxygens (including phenoxy) is 1. The molecule has 1 aromatic rings. The van der Waals surface area contributed by atoms with Gasteiger partial charge in [-0.15, -0.1) is 0 Å². The lowest BCUT2D eigenvalue weighted by Gasteiger charge is -1.99. The zero-order valence-corrected chi connectivity index (χ0v) is 10.4. The summed E-state index contributed by atoms with van der Waals surface area (Å²) in [5.74, 6) is 0.357. The second-order valence-electron chi connectivity index (χ2n) is 3.17. The molecule has 0 N–H and O–H groups in total. The molecule has 0 spiro atoms. The molecule has 1 heterocycles. The molecule has 0 radical (unpaired) electrons. The molecular formula is C11H14N2O2S. The van der Waals surface area contributed by atoms with E-state index in [4.69, 9.17) is 0 Å². The van der Waals surface area contributed by atoms with Crippen molar-refractivity contribution >= 4 is 17.7 Å². The Bertz CT molecular complexity index is 405. The van der Waals surface area contributed by atoms with Crippen LogP contribution < -0.4 is 0 Å². The number of aryl methyl sites for hydroxylation is 1. The first-order valence-corrected chi connectivity index (χ1v) is 5.79. The molecule has 1 rings (SSSR count). The molecule has 0 bridgehead atoms. The minimum Gasteiger partial charge on any atom is -0.466 e. The maximum absolute atomic E-state index is 11.1. The quantitative estimate of drug-likeness (QED) is 0.347. The molecule has 1 aromatic heterocycles. The lowest BCUT2D eigenvalue weighted by atomic mass is 10.3. The van der Waals surface area contributed by atoms with Crippen LogP contribution in [-0.2, 0) is 9.53 Å². The van der Waals surface area contributed by atoms with E-state index < -0.39 is 0 Å². The largest absolute Gasteiger partial charge is 0.466 e. The van der Waals surface area contributed by atoms with Gasteiger partial charge in [-0.05, 0) is 19.9 Å². The summed E-state index contributed by atoms with van der Waals surface area (Å²) in [4.78, 5) is 19.4. The number of rotatable bonds is 4. The van der Waals surface area contributed by atoms with E-state index in [9.17, 15) is 4.79 Å². The van der Waals surface area contributed by atoms with E-state index in [0.717, 1.165) is 5.69 Å². The van der Waals surface area contributed by atoms with E-state index in [2.05, 4.69) is 14.7 Å². The van der Waals surface area contributed by atoms with Crippen molar-refractivity contribution in [2.75, 3.05) is 12.9 Å². The normalized spacial score (nSPS) is 11.3. The predicted octanol–water partition coefficient (Wildman–Crippen LogP) is 2.00. The number of thioether (sulfide) groups is 1. The molecule has 0 aromatic carbocycles. The molecule has 16 heavy (non-hydrogen) atoms. The highest BCUT2D eigenvalue weighted by Crippen LogP contribution is 2.13. The lowest BCUT2D eigenvalue weighted by molar-refractivity contribution is -0.136. The van der Waals surface area contributed by atoms with Gasteiger partial charge in [0.05, 0.1) is 7.11 Å². The van der Waals surface area contributed by atoms with Gasteiger partial charge in [-0.2, -0.15) is 0 Å². The van der Waals surface area contributed by atoms with Crippen molar-refractivity contribution in [3.05, 3.63) is 29.6 Å². The predicted molar refractivity (Wildman–Crippen MR) is 63.3 cm³/mol. The average Bonchev–Trinajstić information content (AvgIpc) is 2.28. The van der Waals surface area contributed by atoms with Gasteiger partial charge in [-0.1, -0.05) is 17.8 Å². The van der Waals surface area contributed by atoms with Crippen LogP contribution >= 0.6 is 11.8 Å². The summed E-state index contributed by atoms with van der Waals surface area (Å²) in [5.41, 5.74) is 1.54. The van der Waals surface area contributed by atoms with Gasteiger partial charge >= 0.3 is 5.97 Å². The third-order valence-corrected chi connectivity index (χ3v) is 2.67. The van der Waals surface area contributed by atoms with Gasteiger partial charge in [0.25, 0.3) is 0 Å². The van der Waals surface area contributed by atoms with Crippen LogP contribution in [0.15, 0.2) is 29.1 Å². The van der Waals surface area contributed by atoms with Crippen LogP contribution in [0.2, 0.25) is 0 Å². The van der Waals surface area contributed by atoms with Gasteiger partial charge < -0.3 is 4.74 Å². The van der Waals surface area contributed by atoms with Gasteiger partial charge in [-0.25, -0.2) is 14.8 Å². The van der Waals surface area contributed by atoms with Crippen LogP contribution in [0.5, 0.6) is 0 Å². The standard InChI is InChI=1S/C11H14N2O2S/c1-8(10(14)15-3)5-7-16-11-12-6-4-9(2)13-11/h4-6H,7H2,1-3H3. The molecule has 0 saturated carbocycles. The Kier molecular flexibility index (Phi) is 4.98. The Morgan fingerprint density at radius 3 is 3.00 bits per heavy atom. The molecule has 5 heteroatoms. The zero-order valence-electron chi connectivity index (χ0n) is 9.56. The number of carbonyl (C=O) groups is 1. The minimum atomic E-state index is -0.300. The second kappa shape index (κ2) is 6.27. The van der Waals surface area contributed by atoms with Crippen molar-refractivity contribution in [2.45, 2.75) is 19.0 Å². The monoisotopic (exact) mass is 238 g/mol. The molecule has 0 aliphatic rings. The number of hydrogen-bond donors (Lipinski definition) is 0. The van der Waals surface area contributed by atoms with E-state index in [1.807, 2.05) is 19.1 Å². The second-order valence-corrected chi connectivity index (χ2v) is 4.16. The third kappa shape index (κ3) is 4.02. The molecule has 0 unspecified atom stereocenters. The van der Waals surface area contributed by atoms with E-state index in [1.54, 1.807) is 13.1 Å².